The van der Waals surface area contributed by atoms with Crippen LogP contribution >= 0.6 is 0 Å². The molecule has 0 amide bonds. The van der Waals surface area contributed by atoms with Crippen LogP contribution in [0.1, 0.15) is 72.8 Å². The fourth-order valence-electron chi connectivity index (χ4n) is 4.16. The lowest BCUT2D eigenvalue weighted by Crippen LogP contribution is -2.49. The number of aliphatic hydroxyl groups excluding tert-OH is 2. The van der Waals surface area contributed by atoms with Crippen LogP contribution in [0.3, 0.4) is 0 Å². The summed E-state index contributed by atoms with van der Waals surface area (Å²) in [6.45, 7) is 18.0. The van der Waals surface area contributed by atoms with Crippen molar-refractivity contribution in [3.05, 3.63) is 48.0 Å². The summed E-state index contributed by atoms with van der Waals surface area (Å²) in [7, 11) is -1.78. The van der Waals surface area contributed by atoms with Crippen molar-refractivity contribution < 1.29 is 28.8 Å². The second-order valence-electron chi connectivity index (χ2n) is 12.1. The smallest absolute Gasteiger partial charge is 0.192 e. The van der Waals surface area contributed by atoms with Crippen molar-refractivity contribution in [2.75, 3.05) is 6.61 Å². The van der Waals surface area contributed by atoms with Gasteiger partial charge in [0.2, 0.25) is 0 Å². The first-order valence-electron chi connectivity index (χ1n) is 13.4. The molecule has 1 aliphatic rings. The minimum Gasteiger partial charge on any atom is -0.414 e. The summed E-state index contributed by atoms with van der Waals surface area (Å²) in [5, 5.41) is 21.4. The summed E-state index contributed by atoms with van der Waals surface area (Å²) in [5.74, 6) is -0.822. The number of benzene rings is 1. The van der Waals surface area contributed by atoms with Gasteiger partial charge >= 0.3 is 0 Å². The Labute approximate surface area is 220 Å². The zero-order valence-corrected chi connectivity index (χ0v) is 24.7. The summed E-state index contributed by atoms with van der Waals surface area (Å²) in [5.41, 5.74) is 1.11. The largest absolute Gasteiger partial charge is 0.414 e. The maximum atomic E-state index is 10.8. The minimum atomic E-state index is -1.78. The Balaban J connectivity index is 1.77. The molecule has 0 aromatic heterocycles. The number of ether oxygens (including phenoxy) is 3. The molecular weight excluding hydrogens is 472 g/mol. The number of rotatable bonds is 13. The van der Waals surface area contributed by atoms with Gasteiger partial charge in [-0.3, -0.25) is 0 Å². The molecule has 1 aliphatic heterocycles. The molecule has 1 aromatic carbocycles. The molecule has 1 fully saturated rings. The van der Waals surface area contributed by atoms with Crippen LogP contribution in [0.15, 0.2) is 42.5 Å². The highest BCUT2D eigenvalue weighted by molar-refractivity contribution is 6.74. The van der Waals surface area contributed by atoms with E-state index in [1.807, 2.05) is 44.2 Å². The monoisotopic (exact) mass is 522 g/mol. The summed E-state index contributed by atoms with van der Waals surface area (Å²) in [6, 6.07) is 10.0. The third-order valence-electron chi connectivity index (χ3n) is 7.12. The molecule has 0 bridgehead atoms. The Hall–Kier alpha value is -1.06. The summed E-state index contributed by atoms with van der Waals surface area (Å²) in [6.07, 6.45) is 4.35. The fourth-order valence-corrected chi connectivity index (χ4v) is 5.64. The molecule has 0 saturated carbocycles. The van der Waals surface area contributed by atoms with Gasteiger partial charge in [0.15, 0.2) is 14.1 Å². The molecule has 7 heteroatoms. The zero-order chi connectivity index (χ0) is 27.0. The highest BCUT2D eigenvalue weighted by Gasteiger charge is 2.39. The van der Waals surface area contributed by atoms with Crippen molar-refractivity contribution in [2.24, 2.45) is 0 Å². The Morgan fingerprint density at radius 3 is 2.39 bits per heavy atom. The quantitative estimate of drug-likeness (QED) is 0.245. The van der Waals surface area contributed by atoms with E-state index in [2.05, 4.69) is 40.8 Å². The number of hydrogen-bond acceptors (Lipinski definition) is 6. The third kappa shape index (κ3) is 10.7. The molecule has 2 unspecified atom stereocenters. The van der Waals surface area contributed by atoms with E-state index in [1.165, 1.54) is 0 Å². The SMILES string of the molecule is C[C@H](CCCC(O)/C=C\C(O)[C@H]1C[C@H](COCc2ccccc2)OC(C)(C)O1)O[Si](C)(C)C(C)(C)C. The van der Waals surface area contributed by atoms with Crippen LogP contribution in [-0.2, 0) is 25.2 Å². The van der Waals surface area contributed by atoms with Gasteiger partial charge in [-0.2, -0.15) is 0 Å². The predicted octanol–water partition coefficient (Wildman–Crippen LogP) is 5.97. The van der Waals surface area contributed by atoms with Crippen molar-refractivity contribution in [3.8, 4) is 0 Å². The van der Waals surface area contributed by atoms with Crippen molar-refractivity contribution in [3.63, 3.8) is 0 Å². The Morgan fingerprint density at radius 2 is 1.75 bits per heavy atom. The van der Waals surface area contributed by atoms with E-state index in [4.69, 9.17) is 18.6 Å². The lowest BCUT2D eigenvalue weighted by molar-refractivity contribution is -0.315. The lowest BCUT2D eigenvalue weighted by Gasteiger charge is -2.41. The Kier molecular flexibility index (Phi) is 11.8. The molecular formula is C29H50O6Si. The molecule has 6 nitrogen and oxygen atoms in total. The van der Waals surface area contributed by atoms with Crippen LogP contribution in [0.4, 0.5) is 0 Å². The Bertz CT molecular complexity index is 789. The van der Waals surface area contributed by atoms with Gasteiger partial charge in [-0.1, -0.05) is 63.3 Å². The van der Waals surface area contributed by atoms with Gasteiger partial charge in [-0.25, -0.2) is 0 Å². The van der Waals surface area contributed by atoms with Crippen molar-refractivity contribution in [2.45, 2.75) is 128 Å². The van der Waals surface area contributed by atoms with E-state index < -0.39 is 32.4 Å². The molecule has 36 heavy (non-hydrogen) atoms. The van der Waals surface area contributed by atoms with E-state index >= 15 is 0 Å². The van der Waals surface area contributed by atoms with E-state index in [0.717, 1.165) is 18.4 Å². The lowest BCUT2D eigenvalue weighted by atomic mass is 10.0. The first-order chi connectivity index (χ1) is 16.7. The molecule has 0 spiro atoms. The van der Waals surface area contributed by atoms with Crippen molar-refractivity contribution >= 4 is 8.32 Å². The average molecular weight is 523 g/mol. The molecule has 1 aromatic rings. The second kappa shape index (κ2) is 13.6. The van der Waals surface area contributed by atoms with Crippen LogP contribution in [0.5, 0.6) is 0 Å². The molecule has 2 N–H and O–H groups in total. The maximum absolute atomic E-state index is 10.8. The van der Waals surface area contributed by atoms with Gasteiger partial charge in [0.25, 0.3) is 0 Å². The van der Waals surface area contributed by atoms with Gasteiger partial charge in [-0.15, -0.1) is 0 Å². The highest BCUT2D eigenvalue weighted by Crippen LogP contribution is 2.37. The first kappa shape index (κ1) is 31.2. The zero-order valence-electron chi connectivity index (χ0n) is 23.7. The van der Waals surface area contributed by atoms with Crippen molar-refractivity contribution in [1.29, 1.82) is 0 Å². The Morgan fingerprint density at radius 1 is 1.08 bits per heavy atom. The standard InChI is InChI=1S/C29H50O6Si/c1-22(35-36(7,8)28(2,3)4)13-12-16-24(30)17-18-26(31)27-19-25(33-29(5,6)34-27)21-32-20-23-14-10-9-11-15-23/h9-11,14-15,17-18,22,24-27,30-31H,12-13,16,19-21H2,1-8H3/b18-17-/t22-,24?,25-,26?,27-/m1/s1. The van der Waals surface area contributed by atoms with Gasteiger partial charge in [0.1, 0.15) is 0 Å². The van der Waals surface area contributed by atoms with E-state index in [9.17, 15) is 10.2 Å². The number of aliphatic hydroxyl groups is 2. The molecule has 206 valence electrons. The third-order valence-corrected chi connectivity index (χ3v) is 11.7. The molecule has 1 heterocycles. The predicted molar refractivity (Wildman–Crippen MR) is 147 cm³/mol. The fraction of sp³-hybridized carbons (Fsp3) is 0.724. The summed E-state index contributed by atoms with van der Waals surface area (Å²) in [4.78, 5) is 0. The van der Waals surface area contributed by atoms with Crippen LogP contribution < -0.4 is 0 Å². The van der Waals surface area contributed by atoms with Gasteiger partial charge in [0, 0.05) is 12.5 Å². The van der Waals surface area contributed by atoms with Gasteiger partial charge < -0.3 is 28.8 Å². The normalized spacial score (nSPS) is 23.5. The van der Waals surface area contributed by atoms with Crippen LogP contribution in [-0.4, -0.2) is 61.4 Å². The molecule has 0 aliphatic carbocycles. The minimum absolute atomic E-state index is 0.173. The molecule has 5 atom stereocenters. The second-order valence-corrected chi connectivity index (χ2v) is 16.9. The van der Waals surface area contributed by atoms with Gasteiger partial charge in [0.05, 0.1) is 37.6 Å². The highest BCUT2D eigenvalue weighted by atomic mass is 28.4. The summed E-state index contributed by atoms with van der Waals surface area (Å²) < 4.78 is 24.3. The average Bonchev–Trinajstić information content (AvgIpc) is 2.76. The molecule has 0 radical (unpaired) electrons. The van der Waals surface area contributed by atoms with E-state index in [1.54, 1.807) is 12.2 Å². The molecule has 1 saturated heterocycles. The maximum Gasteiger partial charge on any atom is 0.192 e. The first-order valence-corrected chi connectivity index (χ1v) is 16.3. The van der Waals surface area contributed by atoms with Crippen LogP contribution in [0, 0.1) is 0 Å². The van der Waals surface area contributed by atoms with E-state index in [-0.39, 0.29) is 17.2 Å². The number of hydrogen-bond donors (Lipinski definition) is 2. The topological polar surface area (TPSA) is 77.4 Å². The summed E-state index contributed by atoms with van der Waals surface area (Å²) >= 11 is 0. The van der Waals surface area contributed by atoms with Crippen LogP contribution in [0.2, 0.25) is 18.1 Å². The van der Waals surface area contributed by atoms with E-state index in [0.29, 0.717) is 26.1 Å². The molecule has 2 rings (SSSR count). The van der Waals surface area contributed by atoms with Gasteiger partial charge in [-0.05, 0) is 63.7 Å². The van der Waals surface area contributed by atoms with Crippen LogP contribution in [0.25, 0.3) is 0 Å². The van der Waals surface area contributed by atoms with Crippen molar-refractivity contribution in [1.82, 2.24) is 0 Å².